The first-order chi connectivity index (χ1) is 8.99. The van der Waals surface area contributed by atoms with E-state index >= 15 is 0 Å². The monoisotopic (exact) mass is 283 g/mol. The zero-order valence-corrected chi connectivity index (χ0v) is 11.8. The average Bonchev–Trinajstić information content (AvgIpc) is 2.37. The number of hydrogen-bond acceptors (Lipinski definition) is 3. The van der Waals surface area contributed by atoms with Gasteiger partial charge >= 0.3 is 0 Å². The number of oxime groups is 1. The average molecular weight is 284 g/mol. The Balaban J connectivity index is 2.98. The van der Waals surface area contributed by atoms with Crippen molar-refractivity contribution in [2.45, 2.75) is 20.3 Å². The lowest BCUT2D eigenvalue weighted by atomic mass is 10.1. The highest BCUT2D eigenvalue weighted by atomic mass is 35.5. The summed E-state index contributed by atoms with van der Waals surface area (Å²) in [7, 11) is 0. The van der Waals surface area contributed by atoms with E-state index in [1.165, 1.54) is 0 Å². The second-order valence-corrected chi connectivity index (χ2v) is 4.71. The number of benzene rings is 1. The van der Waals surface area contributed by atoms with Gasteiger partial charge in [0.15, 0.2) is 5.84 Å². The molecule has 1 aromatic carbocycles. The molecule has 0 unspecified atom stereocenters. The lowest BCUT2D eigenvalue weighted by Gasteiger charge is -2.22. The van der Waals surface area contributed by atoms with Crippen molar-refractivity contribution in [2.75, 3.05) is 13.1 Å². The second kappa shape index (κ2) is 6.99. The molecule has 3 N–H and O–H groups in total. The maximum absolute atomic E-state index is 12.4. The number of amidine groups is 1. The van der Waals surface area contributed by atoms with Crippen LogP contribution in [0.25, 0.3) is 0 Å². The Morgan fingerprint density at radius 3 is 2.74 bits per heavy atom. The molecular formula is C13H18ClN3O2. The highest BCUT2D eigenvalue weighted by Gasteiger charge is 2.18. The van der Waals surface area contributed by atoms with E-state index in [9.17, 15) is 4.79 Å². The van der Waals surface area contributed by atoms with Gasteiger partial charge in [0, 0.05) is 17.1 Å². The van der Waals surface area contributed by atoms with Crippen LogP contribution < -0.4 is 5.73 Å². The first-order valence-corrected chi connectivity index (χ1v) is 6.39. The van der Waals surface area contributed by atoms with E-state index in [1.807, 2.05) is 13.8 Å². The molecule has 0 saturated heterocycles. The van der Waals surface area contributed by atoms with Gasteiger partial charge in [0.1, 0.15) is 0 Å². The van der Waals surface area contributed by atoms with E-state index in [2.05, 4.69) is 5.16 Å². The van der Waals surface area contributed by atoms with E-state index in [-0.39, 0.29) is 18.3 Å². The number of halogens is 1. The lowest BCUT2D eigenvalue weighted by Crippen LogP contribution is -2.39. The van der Waals surface area contributed by atoms with Crippen molar-refractivity contribution in [1.29, 1.82) is 0 Å². The Morgan fingerprint density at radius 2 is 2.21 bits per heavy atom. The van der Waals surface area contributed by atoms with Crippen molar-refractivity contribution in [3.8, 4) is 0 Å². The molecule has 6 heteroatoms. The molecule has 0 aromatic heterocycles. The van der Waals surface area contributed by atoms with E-state index < -0.39 is 0 Å². The third kappa shape index (κ3) is 4.13. The third-order valence-corrected chi connectivity index (χ3v) is 2.92. The molecule has 0 aliphatic carbocycles. The van der Waals surface area contributed by atoms with Gasteiger partial charge in [-0.3, -0.25) is 4.79 Å². The molecule has 1 aromatic rings. The van der Waals surface area contributed by atoms with Gasteiger partial charge in [0.25, 0.3) is 5.91 Å². The van der Waals surface area contributed by atoms with Crippen molar-refractivity contribution in [1.82, 2.24) is 4.90 Å². The van der Waals surface area contributed by atoms with E-state index in [0.29, 0.717) is 17.1 Å². The van der Waals surface area contributed by atoms with Crippen LogP contribution in [0.1, 0.15) is 29.3 Å². The molecule has 0 saturated carbocycles. The van der Waals surface area contributed by atoms with Gasteiger partial charge in [-0.1, -0.05) is 23.7 Å². The molecule has 0 spiro atoms. The fourth-order valence-corrected chi connectivity index (χ4v) is 2.01. The maximum Gasteiger partial charge on any atom is 0.254 e. The van der Waals surface area contributed by atoms with Gasteiger partial charge < -0.3 is 15.8 Å². The van der Waals surface area contributed by atoms with Crippen LogP contribution in [-0.2, 0) is 0 Å². The summed E-state index contributed by atoms with van der Waals surface area (Å²) in [5, 5.41) is 12.1. The number of hydrogen-bond donors (Lipinski definition) is 2. The Hall–Kier alpha value is -1.75. The molecule has 0 radical (unpaired) electrons. The van der Waals surface area contributed by atoms with Crippen molar-refractivity contribution in [2.24, 2.45) is 10.9 Å². The van der Waals surface area contributed by atoms with Gasteiger partial charge in [0.2, 0.25) is 0 Å². The predicted octanol–water partition coefficient (Wildman–Crippen LogP) is 2.25. The van der Waals surface area contributed by atoms with Crippen molar-refractivity contribution in [3.63, 3.8) is 0 Å². The molecule has 0 bridgehead atoms. The molecule has 5 nitrogen and oxygen atoms in total. The fraction of sp³-hybridized carbons (Fsp3) is 0.385. The summed E-state index contributed by atoms with van der Waals surface area (Å²) >= 11 is 5.87. The van der Waals surface area contributed by atoms with Crippen molar-refractivity contribution >= 4 is 23.3 Å². The summed E-state index contributed by atoms with van der Waals surface area (Å²) < 4.78 is 0. The van der Waals surface area contributed by atoms with Crippen LogP contribution in [0.15, 0.2) is 23.4 Å². The Labute approximate surface area is 117 Å². The standard InChI is InChI=1S/C13H18ClN3O2/c1-3-6-17(8-12(15)16-19)13(18)11-5-4-10(14)7-9(11)2/h4-5,7,19H,3,6,8H2,1-2H3,(H2,15,16). The number of nitrogens with zero attached hydrogens (tertiary/aromatic N) is 2. The van der Waals surface area contributed by atoms with E-state index in [4.69, 9.17) is 22.5 Å². The van der Waals surface area contributed by atoms with E-state index in [0.717, 1.165) is 12.0 Å². The van der Waals surface area contributed by atoms with Crippen LogP contribution >= 0.6 is 11.6 Å². The van der Waals surface area contributed by atoms with Crippen LogP contribution in [-0.4, -0.2) is 34.9 Å². The first kappa shape index (κ1) is 15.3. The van der Waals surface area contributed by atoms with Crippen LogP contribution in [0.2, 0.25) is 5.02 Å². The largest absolute Gasteiger partial charge is 0.409 e. The summed E-state index contributed by atoms with van der Waals surface area (Å²) in [4.78, 5) is 14.0. The molecule has 0 aliphatic heterocycles. The lowest BCUT2D eigenvalue weighted by molar-refractivity contribution is 0.0777. The minimum Gasteiger partial charge on any atom is -0.409 e. The van der Waals surface area contributed by atoms with Crippen LogP contribution in [0, 0.1) is 6.92 Å². The fourth-order valence-electron chi connectivity index (χ4n) is 1.79. The third-order valence-electron chi connectivity index (χ3n) is 2.68. The molecule has 1 rings (SSSR count). The molecule has 19 heavy (non-hydrogen) atoms. The number of rotatable bonds is 5. The number of carbonyl (C=O) groups is 1. The zero-order chi connectivity index (χ0) is 14.4. The normalized spacial score (nSPS) is 11.4. The van der Waals surface area contributed by atoms with Gasteiger partial charge in [-0.2, -0.15) is 0 Å². The quantitative estimate of drug-likeness (QED) is 0.376. The number of amides is 1. The Morgan fingerprint density at radius 1 is 1.53 bits per heavy atom. The molecule has 0 aliphatic rings. The topological polar surface area (TPSA) is 78.9 Å². The van der Waals surface area contributed by atoms with Crippen LogP contribution in [0.5, 0.6) is 0 Å². The Kier molecular flexibility index (Phi) is 5.63. The van der Waals surface area contributed by atoms with Crippen LogP contribution in [0.3, 0.4) is 0 Å². The van der Waals surface area contributed by atoms with Crippen molar-refractivity contribution < 1.29 is 10.0 Å². The molecule has 1 amide bonds. The molecule has 0 fully saturated rings. The molecule has 0 atom stereocenters. The summed E-state index contributed by atoms with van der Waals surface area (Å²) in [6.45, 7) is 4.43. The van der Waals surface area contributed by atoms with Gasteiger partial charge in [0.05, 0.1) is 6.54 Å². The maximum atomic E-state index is 12.4. The SMILES string of the molecule is CCCN(C/C(N)=N/O)C(=O)c1ccc(Cl)cc1C. The van der Waals surface area contributed by atoms with Crippen molar-refractivity contribution in [3.05, 3.63) is 34.3 Å². The highest BCUT2D eigenvalue weighted by molar-refractivity contribution is 6.30. The summed E-state index contributed by atoms with van der Waals surface area (Å²) in [5.74, 6) is -0.143. The summed E-state index contributed by atoms with van der Waals surface area (Å²) in [6.07, 6.45) is 0.789. The number of nitrogens with two attached hydrogens (primary N) is 1. The minimum absolute atomic E-state index is 0.00779. The van der Waals surface area contributed by atoms with E-state index in [1.54, 1.807) is 23.1 Å². The zero-order valence-electron chi connectivity index (χ0n) is 11.1. The van der Waals surface area contributed by atoms with Crippen LogP contribution in [0.4, 0.5) is 0 Å². The minimum atomic E-state index is -0.150. The smallest absolute Gasteiger partial charge is 0.254 e. The summed E-state index contributed by atoms with van der Waals surface area (Å²) in [5.41, 5.74) is 6.84. The highest BCUT2D eigenvalue weighted by Crippen LogP contribution is 2.17. The number of aryl methyl sites for hydroxylation is 1. The molecule has 104 valence electrons. The molecular weight excluding hydrogens is 266 g/mol. The number of carbonyl (C=O) groups excluding carboxylic acids is 1. The second-order valence-electron chi connectivity index (χ2n) is 4.28. The van der Waals surface area contributed by atoms with Gasteiger partial charge in [-0.05, 0) is 37.1 Å². The van der Waals surface area contributed by atoms with Gasteiger partial charge in [-0.25, -0.2) is 0 Å². The Bertz CT molecular complexity index is 489. The van der Waals surface area contributed by atoms with Gasteiger partial charge in [-0.15, -0.1) is 0 Å². The summed E-state index contributed by atoms with van der Waals surface area (Å²) in [6, 6.07) is 5.10. The molecule has 0 heterocycles. The predicted molar refractivity (Wildman–Crippen MR) is 75.8 cm³/mol. The first-order valence-electron chi connectivity index (χ1n) is 6.01.